The lowest BCUT2D eigenvalue weighted by Gasteiger charge is -2.35. The normalized spacial score (nSPS) is 20.2. The molecule has 1 aromatic carbocycles. The van der Waals surface area contributed by atoms with E-state index in [0.29, 0.717) is 5.75 Å². The molecule has 194 valence electrons. The van der Waals surface area contributed by atoms with E-state index in [9.17, 15) is 19.5 Å². The number of ether oxygens (including phenoxy) is 1. The molecule has 1 aliphatic heterocycles. The molecule has 0 aromatic heterocycles. The van der Waals surface area contributed by atoms with Crippen molar-refractivity contribution in [2.24, 2.45) is 5.92 Å². The third kappa shape index (κ3) is 8.79. The van der Waals surface area contributed by atoms with E-state index < -0.39 is 36.4 Å². The van der Waals surface area contributed by atoms with E-state index in [4.69, 9.17) is 9.84 Å². The fraction of sp³-hybridized carbons (Fsp3) is 0.625. The van der Waals surface area contributed by atoms with Gasteiger partial charge in [0, 0.05) is 12.0 Å². The summed E-state index contributed by atoms with van der Waals surface area (Å²) in [6.45, 7) is 7.45. The van der Waals surface area contributed by atoms with Crippen molar-refractivity contribution in [1.82, 2.24) is 10.2 Å². The summed E-state index contributed by atoms with van der Waals surface area (Å²) in [4.78, 5) is 38.0. The monoisotopic (exact) mass is 516 g/mol. The second-order valence-corrected chi connectivity index (χ2v) is 9.12. The Labute approximate surface area is 216 Å². The van der Waals surface area contributed by atoms with Gasteiger partial charge in [-0.2, -0.15) is 27.0 Å². The third-order valence-corrected chi connectivity index (χ3v) is 6.27. The minimum absolute atomic E-state index is 0. The number of carboxylic acids is 1. The quantitative estimate of drug-likeness (QED) is 0.341. The smallest absolute Gasteiger partial charge is 0.326 e. The van der Waals surface area contributed by atoms with Gasteiger partial charge in [0.1, 0.15) is 17.9 Å². The molecule has 1 aromatic rings. The number of hydrogen-bond donors (Lipinski definition) is 3. The Balaban J connectivity index is 0.00000544. The summed E-state index contributed by atoms with van der Waals surface area (Å²) >= 11 is 0. The second-order valence-electron chi connectivity index (χ2n) is 9.12. The molecule has 8 nitrogen and oxygen atoms in total. The highest BCUT2D eigenvalue weighted by Gasteiger charge is 2.33. The average Bonchev–Trinajstić information content (AvgIpc) is 2.93. The van der Waals surface area contributed by atoms with E-state index in [0.717, 1.165) is 44.3 Å². The van der Waals surface area contributed by atoms with Gasteiger partial charge < -0.3 is 25.2 Å². The van der Waals surface area contributed by atoms with Gasteiger partial charge in [-0.15, -0.1) is 0 Å². The lowest BCUT2D eigenvalue weighted by Crippen LogP contribution is -2.48. The van der Waals surface area contributed by atoms with E-state index in [2.05, 4.69) is 30.3 Å². The number of aliphatic carboxylic acids is 1. The van der Waals surface area contributed by atoms with Crippen molar-refractivity contribution in [3.63, 3.8) is 0 Å². The maximum atomic E-state index is 12.3. The predicted molar refractivity (Wildman–Crippen MR) is 141 cm³/mol. The molecular weight excluding hydrogens is 476 g/mol. The van der Waals surface area contributed by atoms with Gasteiger partial charge in [-0.25, -0.2) is 4.79 Å². The standard InChI is InChI=1S/C24H36N2O6.2H2S/c1-5-24(11-6-7-12-26(4)15-24)17-9-8-10-18(13-17)32-20(28)14-19(27)22(29)25-21(16(2)3)23(30)31;;/h8-10,13,16,19,21,27H,5-7,11-12,14-15H2,1-4H3,(H,25,29)(H,30,31);2*1H2/t19-,21-,24?;;/m0../s1. The molecule has 1 heterocycles. The molecule has 0 saturated carbocycles. The minimum atomic E-state index is -1.69. The molecule has 2 rings (SSSR count). The first-order chi connectivity index (χ1) is 15.1. The number of rotatable bonds is 9. The molecule has 34 heavy (non-hydrogen) atoms. The van der Waals surface area contributed by atoms with E-state index in [1.807, 2.05) is 12.1 Å². The van der Waals surface area contributed by atoms with Gasteiger partial charge in [-0.1, -0.05) is 39.3 Å². The summed E-state index contributed by atoms with van der Waals surface area (Å²) in [6, 6.07) is 6.31. The fourth-order valence-electron chi connectivity index (χ4n) is 4.32. The Morgan fingerprint density at radius 1 is 1.21 bits per heavy atom. The topological polar surface area (TPSA) is 116 Å². The number of carbonyl (C=O) groups excluding carboxylic acids is 2. The number of aliphatic hydroxyl groups is 1. The zero-order chi connectivity index (χ0) is 23.9. The highest BCUT2D eigenvalue weighted by Crippen LogP contribution is 2.37. The molecule has 0 spiro atoms. The largest absolute Gasteiger partial charge is 0.480 e. The van der Waals surface area contributed by atoms with Crippen LogP contribution >= 0.6 is 27.0 Å². The van der Waals surface area contributed by atoms with E-state index >= 15 is 0 Å². The van der Waals surface area contributed by atoms with Crippen molar-refractivity contribution in [2.45, 2.75) is 70.4 Å². The fourth-order valence-corrected chi connectivity index (χ4v) is 4.32. The number of amides is 1. The number of nitrogens with zero attached hydrogens (tertiary/aromatic N) is 1. The van der Waals surface area contributed by atoms with Crippen molar-refractivity contribution in [1.29, 1.82) is 0 Å². The van der Waals surface area contributed by atoms with Gasteiger partial charge in [0.15, 0.2) is 0 Å². The van der Waals surface area contributed by atoms with Crippen molar-refractivity contribution >= 4 is 44.8 Å². The predicted octanol–water partition coefficient (Wildman–Crippen LogP) is 2.56. The Kier molecular flexibility index (Phi) is 13.9. The lowest BCUT2D eigenvalue weighted by atomic mass is 9.74. The van der Waals surface area contributed by atoms with E-state index in [-0.39, 0.29) is 38.3 Å². The van der Waals surface area contributed by atoms with Gasteiger partial charge in [0.05, 0.1) is 6.42 Å². The Hall–Kier alpha value is -1.75. The maximum absolute atomic E-state index is 12.3. The number of benzene rings is 1. The van der Waals surface area contributed by atoms with Crippen LogP contribution in [0.25, 0.3) is 0 Å². The number of aliphatic hydroxyl groups excluding tert-OH is 1. The molecule has 1 amide bonds. The summed E-state index contributed by atoms with van der Waals surface area (Å²) in [7, 11) is 2.13. The van der Waals surface area contributed by atoms with Crippen molar-refractivity contribution in [3.8, 4) is 5.75 Å². The molecule has 10 heteroatoms. The molecule has 1 fully saturated rings. The number of esters is 1. The number of carboxylic acid groups (broad SMARTS) is 1. The van der Waals surface area contributed by atoms with Crippen molar-refractivity contribution in [2.75, 3.05) is 20.1 Å². The van der Waals surface area contributed by atoms with Gasteiger partial charge in [0.25, 0.3) is 0 Å². The SMILES string of the molecule is CCC1(c2cccc(OC(=O)C[C@H](O)C(=O)N[C@H](C(=O)O)C(C)C)c2)CCCCN(C)C1.S.S. The lowest BCUT2D eigenvalue weighted by molar-refractivity contribution is -0.146. The van der Waals surface area contributed by atoms with Crippen LogP contribution in [-0.4, -0.2) is 65.2 Å². The van der Waals surface area contributed by atoms with Crippen LogP contribution in [0.2, 0.25) is 0 Å². The van der Waals surface area contributed by atoms with Crippen LogP contribution in [-0.2, 0) is 19.8 Å². The first-order valence-corrected chi connectivity index (χ1v) is 11.3. The summed E-state index contributed by atoms with van der Waals surface area (Å²) in [6.07, 6.45) is 2.06. The summed E-state index contributed by atoms with van der Waals surface area (Å²) in [5, 5.41) is 21.5. The van der Waals surface area contributed by atoms with Gasteiger partial charge in [0.2, 0.25) is 5.91 Å². The number of likely N-dealkylation sites (N-methyl/N-ethyl adjacent to an activating group) is 1. The van der Waals surface area contributed by atoms with Crippen LogP contribution in [0.15, 0.2) is 24.3 Å². The van der Waals surface area contributed by atoms with Crippen LogP contribution in [0, 0.1) is 5.92 Å². The summed E-state index contributed by atoms with van der Waals surface area (Å²) in [5.74, 6) is -2.88. The maximum Gasteiger partial charge on any atom is 0.326 e. The van der Waals surface area contributed by atoms with Gasteiger partial charge >= 0.3 is 11.9 Å². The van der Waals surface area contributed by atoms with E-state index in [1.54, 1.807) is 19.9 Å². The summed E-state index contributed by atoms with van der Waals surface area (Å²) in [5.41, 5.74) is 1.09. The number of likely N-dealkylation sites (tertiary alicyclic amines) is 1. The molecule has 3 atom stereocenters. The number of carbonyl (C=O) groups is 3. The number of hydrogen-bond acceptors (Lipinski definition) is 6. The molecular formula is C24H40N2O6S2. The molecule has 1 saturated heterocycles. The Morgan fingerprint density at radius 3 is 2.47 bits per heavy atom. The summed E-state index contributed by atoms with van der Waals surface area (Å²) < 4.78 is 5.41. The zero-order valence-electron chi connectivity index (χ0n) is 20.5. The molecule has 0 bridgehead atoms. The molecule has 1 aliphatic rings. The van der Waals surface area contributed by atoms with Crippen LogP contribution in [0.4, 0.5) is 0 Å². The van der Waals surface area contributed by atoms with E-state index in [1.165, 1.54) is 0 Å². The minimum Gasteiger partial charge on any atom is -0.480 e. The molecule has 1 unspecified atom stereocenters. The Morgan fingerprint density at radius 2 is 1.88 bits per heavy atom. The highest BCUT2D eigenvalue weighted by molar-refractivity contribution is 7.59. The average molecular weight is 517 g/mol. The van der Waals surface area contributed by atoms with Crippen LogP contribution in [0.5, 0.6) is 5.75 Å². The zero-order valence-corrected chi connectivity index (χ0v) is 22.5. The highest BCUT2D eigenvalue weighted by atomic mass is 32.1. The Bertz CT molecular complexity index is 822. The first-order valence-electron chi connectivity index (χ1n) is 11.3. The van der Waals surface area contributed by atoms with Gasteiger partial charge in [-0.3, -0.25) is 9.59 Å². The third-order valence-electron chi connectivity index (χ3n) is 6.27. The van der Waals surface area contributed by atoms with Crippen molar-refractivity contribution in [3.05, 3.63) is 29.8 Å². The van der Waals surface area contributed by atoms with Gasteiger partial charge in [-0.05, 0) is 56.5 Å². The first kappa shape index (κ1) is 32.2. The van der Waals surface area contributed by atoms with Crippen LogP contribution in [0.3, 0.4) is 0 Å². The molecule has 0 radical (unpaired) electrons. The molecule has 0 aliphatic carbocycles. The number of nitrogens with one attached hydrogen (secondary N) is 1. The molecule has 3 N–H and O–H groups in total. The van der Waals surface area contributed by atoms with Crippen LogP contribution < -0.4 is 10.1 Å². The van der Waals surface area contributed by atoms with Crippen molar-refractivity contribution < 1.29 is 29.3 Å². The van der Waals surface area contributed by atoms with Crippen LogP contribution in [0.1, 0.15) is 58.4 Å². The second kappa shape index (κ2) is 14.6.